The molecule has 0 aromatic carbocycles. The highest BCUT2D eigenvalue weighted by molar-refractivity contribution is 5.71. The van der Waals surface area contributed by atoms with Gasteiger partial charge in [-0.2, -0.15) is 0 Å². The highest BCUT2D eigenvalue weighted by Crippen LogP contribution is 2.21. The zero-order valence-corrected chi connectivity index (χ0v) is 7.50. The third-order valence-corrected chi connectivity index (χ3v) is 2.19. The quantitative estimate of drug-likeness (QED) is 0.604. The molecular formula is C8H15NO3. The second kappa shape index (κ2) is 4.42. The van der Waals surface area contributed by atoms with Crippen LogP contribution < -0.4 is 5.32 Å². The molecule has 1 saturated carbocycles. The molecule has 0 amide bonds. The van der Waals surface area contributed by atoms with Gasteiger partial charge in [0.1, 0.15) is 0 Å². The van der Waals surface area contributed by atoms with E-state index in [1.165, 1.54) is 7.11 Å². The van der Waals surface area contributed by atoms with E-state index in [2.05, 4.69) is 10.1 Å². The van der Waals surface area contributed by atoms with Crippen molar-refractivity contribution in [3.8, 4) is 0 Å². The molecule has 70 valence electrons. The largest absolute Gasteiger partial charge is 0.468 e. The first-order valence-electron chi connectivity index (χ1n) is 4.09. The Bertz CT molecular complexity index is 154. The molecule has 0 aliphatic heterocycles. The molecular weight excluding hydrogens is 158 g/mol. The molecule has 0 heterocycles. The summed E-state index contributed by atoms with van der Waals surface area (Å²) in [6.07, 6.45) is 2.36. The summed E-state index contributed by atoms with van der Waals surface area (Å²) in [6.45, 7) is 0.303. The predicted octanol–water partition coefficient (Wildman–Crippen LogP) is -0.0736. The van der Waals surface area contributed by atoms with Gasteiger partial charge in [-0.1, -0.05) is 0 Å². The van der Waals surface area contributed by atoms with Gasteiger partial charge in [-0.3, -0.25) is 4.79 Å². The van der Waals surface area contributed by atoms with Crippen LogP contribution in [-0.2, 0) is 14.3 Å². The van der Waals surface area contributed by atoms with Gasteiger partial charge >= 0.3 is 5.97 Å². The number of carbonyl (C=O) groups is 1. The maximum absolute atomic E-state index is 10.7. The molecule has 4 nitrogen and oxygen atoms in total. The fourth-order valence-corrected chi connectivity index (χ4v) is 1.22. The van der Waals surface area contributed by atoms with Gasteiger partial charge in [0.25, 0.3) is 0 Å². The highest BCUT2D eigenvalue weighted by atomic mass is 16.5. The molecule has 1 rings (SSSR count). The summed E-state index contributed by atoms with van der Waals surface area (Å²) in [7, 11) is 3.10. The Hall–Kier alpha value is -0.610. The van der Waals surface area contributed by atoms with E-state index in [0.717, 1.165) is 12.8 Å². The molecule has 0 radical (unpaired) electrons. The minimum absolute atomic E-state index is 0.212. The zero-order chi connectivity index (χ0) is 8.97. The van der Waals surface area contributed by atoms with Gasteiger partial charge in [0.05, 0.1) is 19.8 Å². The van der Waals surface area contributed by atoms with Gasteiger partial charge in [-0.05, 0) is 12.8 Å². The molecule has 0 aromatic heterocycles. The van der Waals surface area contributed by atoms with Crippen molar-refractivity contribution in [1.82, 2.24) is 5.32 Å². The molecule has 12 heavy (non-hydrogen) atoms. The summed E-state index contributed by atoms with van der Waals surface area (Å²) in [5.41, 5.74) is 0. The van der Waals surface area contributed by atoms with Gasteiger partial charge in [-0.25, -0.2) is 0 Å². The predicted molar refractivity (Wildman–Crippen MR) is 43.8 cm³/mol. The van der Waals surface area contributed by atoms with Crippen molar-refractivity contribution in [2.45, 2.75) is 25.0 Å². The number of hydrogen-bond donors (Lipinski definition) is 1. The van der Waals surface area contributed by atoms with Crippen molar-refractivity contribution in [3.63, 3.8) is 0 Å². The summed E-state index contributed by atoms with van der Waals surface area (Å²) in [5, 5.41) is 3.08. The van der Waals surface area contributed by atoms with E-state index in [1.807, 2.05) is 0 Å². The first-order valence-corrected chi connectivity index (χ1v) is 4.09. The van der Waals surface area contributed by atoms with E-state index in [4.69, 9.17) is 4.74 Å². The lowest BCUT2D eigenvalue weighted by Crippen LogP contribution is -2.46. The second-order valence-electron chi connectivity index (χ2n) is 2.98. The average molecular weight is 173 g/mol. The molecule has 0 saturated heterocycles. The molecule has 4 heteroatoms. The maximum Gasteiger partial charge on any atom is 0.319 e. The third kappa shape index (κ3) is 2.46. The molecule has 0 bridgehead atoms. The average Bonchev–Trinajstić information content (AvgIpc) is 2.01. The van der Waals surface area contributed by atoms with E-state index < -0.39 is 0 Å². The Balaban J connectivity index is 2.00. The van der Waals surface area contributed by atoms with Crippen molar-refractivity contribution in [2.24, 2.45) is 0 Å². The lowest BCUT2D eigenvalue weighted by molar-refractivity contribution is -0.140. The summed E-state index contributed by atoms with van der Waals surface area (Å²) in [5.74, 6) is -0.212. The Labute approximate surface area is 72.2 Å². The summed E-state index contributed by atoms with van der Waals surface area (Å²) < 4.78 is 9.58. The zero-order valence-electron chi connectivity index (χ0n) is 7.50. The van der Waals surface area contributed by atoms with Gasteiger partial charge in [0.2, 0.25) is 0 Å². The lowest BCUT2D eigenvalue weighted by Gasteiger charge is -2.34. The maximum atomic E-state index is 10.7. The van der Waals surface area contributed by atoms with Crippen LogP contribution in [0.1, 0.15) is 12.8 Å². The van der Waals surface area contributed by atoms with E-state index in [0.29, 0.717) is 18.7 Å². The third-order valence-electron chi connectivity index (χ3n) is 2.19. The van der Waals surface area contributed by atoms with Crippen molar-refractivity contribution < 1.29 is 14.3 Å². The Kier molecular flexibility index (Phi) is 3.49. The SMILES string of the molecule is COC(=O)CNC1CC(OC)C1. The van der Waals surface area contributed by atoms with E-state index in [9.17, 15) is 4.79 Å². The van der Waals surface area contributed by atoms with Crippen LogP contribution in [-0.4, -0.2) is 38.9 Å². The standard InChI is InChI=1S/C8H15NO3/c1-11-7-3-6(4-7)9-5-8(10)12-2/h6-7,9H,3-5H2,1-2H3. The number of rotatable bonds is 4. The smallest absolute Gasteiger partial charge is 0.319 e. The van der Waals surface area contributed by atoms with Gasteiger partial charge < -0.3 is 14.8 Å². The molecule has 1 N–H and O–H groups in total. The number of esters is 1. The molecule has 1 aliphatic carbocycles. The number of hydrogen-bond acceptors (Lipinski definition) is 4. The van der Waals surface area contributed by atoms with Crippen LogP contribution in [0.25, 0.3) is 0 Å². The van der Waals surface area contributed by atoms with Gasteiger partial charge in [0, 0.05) is 13.2 Å². The molecule has 0 atom stereocenters. The summed E-state index contributed by atoms with van der Waals surface area (Å²) in [4.78, 5) is 10.7. The van der Waals surface area contributed by atoms with Crippen LogP contribution in [0.4, 0.5) is 0 Å². The molecule has 0 unspecified atom stereocenters. The minimum Gasteiger partial charge on any atom is -0.468 e. The van der Waals surface area contributed by atoms with E-state index in [-0.39, 0.29) is 5.97 Å². The minimum atomic E-state index is -0.212. The molecule has 1 fully saturated rings. The van der Waals surface area contributed by atoms with Crippen LogP contribution in [0.5, 0.6) is 0 Å². The van der Waals surface area contributed by atoms with Crippen molar-refractivity contribution in [1.29, 1.82) is 0 Å². The summed E-state index contributed by atoms with van der Waals surface area (Å²) >= 11 is 0. The number of methoxy groups -OCH3 is 2. The van der Waals surface area contributed by atoms with Gasteiger partial charge in [0.15, 0.2) is 0 Å². The van der Waals surface area contributed by atoms with E-state index in [1.54, 1.807) is 7.11 Å². The molecule has 0 aromatic rings. The number of nitrogens with one attached hydrogen (secondary N) is 1. The molecule has 1 aliphatic rings. The molecule has 0 spiro atoms. The monoisotopic (exact) mass is 173 g/mol. The van der Waals surface area contributed by atoms with E-state index >= 15 is 0 Å². The first-order chi connectivity index (χ1) is 5.76. The van der Waals surface area contributed by atoms with Crippen LogP contribution in [0.15, 0.2) is 0 Å². The number of carbonyl (C=O) groups excluding carboxylic acids is 1. The van der Waals surface area contributed by atoms with Crippen LogP contribution in [0.3, 0.4) is 0 Å². The number of ether oxygens (including phenoxy) is 2. The Morgan fingerprint density at radius 1 is 1.50 bits per heavy atom. The van der Waals surface area contributed by atoms with Crippen molar-refractivity contribution in [3.05, 3.63) is 0 Å². The first kappa shape index (κ1) is 9.48. The van der Waals surface area contributed by atoms with Gasteiger partial charge in [-0.15, -0.1) is 0 Å². The normalized spacial score (nSPS) is 27.8. The van der Waals surface area contributed by atoms with Crippen LogP contribution >= 0.6 is 0 Å². The second-order valence-corrected chi connectivity index (χ2v) is 2.98. The topological polar surface area (TPSA) is 47.6 Å². The summed E-state index contributed by atoms with van der Waals surface area (Å²) in [6, 6.07) is 0.425. The fraction of sp³-hybridized carbons (Fsp3) is 0.875. The van der Waals surface area contributed by atoms with Crippen LogP contribution in [0, 0.1) is 0 Å². The Morgan fingerprint density at radius 3 is 2.67 bits per heavy atom. The Morgan fingerprint density at radius 2 is 2.17 bits per heavy atom. The fourth-order valence-electron chi connectivity index (χ4n) is 1.22. The van der Waals surface area contributed by atoms with Crippen LogP contribution in [0.2, 0.25) is 0 Å². The highest BCUT2D eigenvalue weighted by Gasteiger charge is 2.28. The lowest BCUT2D eigenvalue weighted by atomic mass is 9.89. The van der Waals surface area contributed by atoms with Crippen molar-refractivity contribution in [2.75, 3.05) is 20.8 Å². The van der Waals surface area contributed by atoms with Crippen molar-refractivity contribution >= 4 is 5.97 Å².